The second-order valence-corrected chi connectivity index (χ2v) is 7.14. The van der Waals surface area contributed by atoms with E-state index in [1.807, 2.05) is 54.8 Å². The van der Waals surface area contributed by atoms with Gasteiger partial charge in [0.25, 0.3) is 5.91 Å². The Kier molecular flexibility index (Phi) is 3.54. The summed E-state index contributed by atoms with van der Waals surface area (Å²) < 4.78 is 0. The molecule has 0 radical (unpaired) electrons. The fourth-order valence-electron chi connectivity index (χ4n) is 3.35. The number of para-hydroxylation sites is 2. The van der Waals surface area contributed by atoms with E-state index in [1.165, 1.54) is 11.3 Å². The van der Waals surface area contributed by atoms with Crippen molar-refractivity contribution in [1.82, 2.24) is 20.2 Å². The fourth-order valence-corrected chi connectivity index (χ4v) is 4.04. The van der Waals surface area contributed by atoms with Crippen molar-refractivity contribution in [2.75, 3.05) is 5.32 Å². The Hall–Kier alpha value is -3.45. The topological polar surface area (TPSA) is 86.5 Å². The third-order valence-corrected chi connectivity index (χ3v) is 5.32. The molecule has 3 N–H and O–H groups in total. The van der Waals surface area contributed by atoms with Gasteiger partial charge >= 0.3 is 0 Å². The molecule has 0 saturated carbocycles. The highest BCUT2D eigenvalue weighted by Gasteiger charge is 2.17. The third kappa shape index (κ3) is 2.60. The van der Waals surface area contributed by atoms with E-state index in [0.717, 1.165) is 38.8 Å². The lowest BCUT2D eigenvalue weighted by atomic mass is 10.1. The van der Waals surface area contributed by atoms with Gasteiger partial charge in [-0.05, 0) is 19.1 Å². The summed E-state index contributed by atoms with van der Waals surface area (Å²) in [5.41, 5.74) is 5.23. The molecule has 0 fully saturated rings. The Morgan fingerprint density at radius 2 is 1.78 bits per heavy atom. The number of hydrogen-bond acceptors (Lipinski definition) is 4. The first-order valence-corrected chi connectivity index (χ1v) is 9.36. The van der Waals surface area contributed by atoms with Gasteiger partial charge < -0.3 is 4.98 Å². The highest BCUT2D eigenvalue weighted by molar-refractivity contribution is 7.14. The molecule has 1 amide bonds. The first-order chi connectivity index (χ1) is 13.2. The van der Waals surface area contributed by atoms with Crippen LogP contribution in [-0.2, 0) is 0 Å². The van der Waals surface area contributed by atoms with Crippen molar-refractivity contribution in [2.24, 2.45) is 0 Å². The molecular weight excluding hydrogens is 358 g/mol. The van der Waals surface area contributed by atoms with Crippen LogP contribution < -0.4 is 5.32 Å². The summed E-state index contributed by atoms with van der Waals surface area (Å²) in [4.78, 5) is 20.6. The van der Waals surface area contributed by atoms with E-state index in [-0.39, 0.29) is 5.91 Å². The van der Waals surface area contributed by atoms with Crippen LogP contribution in [-0.4, -0.2) is 26.1 Å². The zero-order valence-electron chi connectivity index (χ0n) is 14.4. The highest BCUT2D eigenvalue weighted by atomic mass is 32.1. The maximum atomic E-state index is 12.6. The number of H-pyrrole nitrogens is 2. The van der Waals surface area contributed by atoms with Crippen molar-refractivity contribution in [2.45, 2.75) is 6.92 Å². The van der Waals surface area contributed by atoms with E-state index in [2.05, 4.69) is 31.5 Å². The summed E-state index contributed by atoms with van der Waals surface area (Å²) >= 11 is 1.40. The fraction of sp³-hybridized carbons (Fsp3) is 0.0500. The Morgan fingerprint density at radius 3 is 2.63 bits per heavy atom. The van der Waals surface area contributed by atoms with Crippen molar-refractivity contribution in [1.29, 1.82) is 0 Å². The normalized spacial score (nSPS) is 11.3. The van der Waals surface area contributed by atoms with Crippen LogP contribution in [0.3, 0.4) is 0 Å². The Morgan fingerprint density at radius 1 is 1.04 bits per heavy atom. The summed E-state index contributed by atoms with van der Waals surface area (Å²) in [6.07, 6.45) is 0. The maximum Gasteiger partial charge on any atom is 0.278 e. The third-order valence-electron chi connectivity index (χ3n) is 4.56. The summed E-state index contributed by atoms with van der Waals surface area (Å²) in [6.45, 7) is 2.03. The minimum atomic E-state index is -0.274. The van der Waals surface area contributed by atoms with Gasteiger partial charge in [-0.3, -0.25) is 15.2 Å². The number of anilines is 1. The molecule has 6 nitrogen and oxygen atoms in total. The van der Waals surface area contributed by atoms with Crippen LogP contribution in [0.1, 0.15) is 16.2 Å². The molecule has 2 aromatic carbocycles. The van der Waals surface area contributed by atoms with E-state index in [4.69, 9.17) is 0 Å². The predicted molar refractivity (Wildman–Crippen MR) is 108 cm³/mol. The van der Waals surface area contributed by atoms with Crippen LogP contribution in [0.25, 0.3) is 33.1 Å². The lowest BCUT2D eigenvalue weighted by Crippen LogP contribution is -2.12. The number of hydrogen-bond donors (Lipinski definition) is 3. The van der Waals surface area contributed by atoms with Gasteiger partial charge in [0.2, 0.25) is 0 Å². The molecule has 0 unspecified atom stereocenters. The number of amides is 1. The van der Waals surface area contributed by atoms with E-state index >= 15 is 0 Å². The van der Waals surface area contributed by atoms with Crippen LogP contribution in [0, 0.1) is 6.92 Å². The van der Waals surface area contributed by atoms with Gasteiger partial charge in [-0.15, -0.1) is 11.3 Å². The molecule has 3 heterocycles. The average Bonchev–Trinajstić information content (AvgIpc) is 3.37. The van der Waals surface area contributed by atoms with Crippen molar-refractivity contribution < 1.29 is 4.79 Å². The number of carbonyl (C=O) groups is 1. The van der Waals surface area contributed by atoms with Gasteiger partial charge in [0.05, 0.1) is 11.2 Å². The van der Waals surface area contributed by atoms with Gasteiger partial charge in [-0.25, -0.2) is 4.98 Å². The summed E-state index contributed by atoms with van der Waals surface area (Å²) in [7, 11) is 0. The molecule has 0 aliphatic rings. The van der Waals surface area contributed by atoms with E-state index in [0.29, 0.717) is 10.8 Å². The molecular formula is C20H15N5OS. The highest BCUT2D eigenvalue weighted by Crippen LogP contribution is 2.34. The minimum absolute atomic E-state index is 0.274. The molecule has 5 aromatic rings. The molecule has 0 saturated heterocycles. The number of fused-ring (bicyclic) bond motifs is 2. The average molecular weight is 373 g/mol. The van der Waals surface area contributed by atoms with Crippen molar-refractivity contribution in [3.05, 3.63) is 65.3 Å². The van der Waals surface area contributed by atoms with Crippen molar-refractivity contribution >= 4 is 44.2 Å². The molecule has 3 aromatic heterocycles. The van der Waals surface area contributed by atoms with E-state index < -0.39 is 0 Å². The number of carbonyl (C=O) groups excluding carboxylic acids is 1. The van der Waals surface area contributed by atoms with Gasteiger partial charge in [0, 0.05) is 32.9 Å². The van der Waals surface area contributed by atoms with Gasteiger partial charge in [0.15, 0.2) is 10.8 Å². The molecule has 132 valence electrons. The maximum absolute atomic E-state index is 12.6. The molecule has 27 heavy (non-hydrogen) atoms. The Labute approximate surface area is 158 Å². The van der Waals surface area contributed by atoms with Gasteiger partial charge in [0.1, 0.15) is 0 Å². The lowest BCUT2D eigenvalue weighted by molar-refractivity contribution is 0.102. The van der Waals surface area contributed by atoms with Crippen molar-refractivity contribution in [3.63, 3.8) is 0 Å². The predicted octanol–water partition coefficient (Wildman–Crippen LogP) is 4.73. The number of thiazole rings is 1. The quantitative estimate of drug-likeness (QED) is 0.427. The number of aryl methyl sites for hydroxylation is 1. The van der Waals surface area contributed by atoms with Gasteiger partial charge in [-0.2, -0.15) is 5.10 Å². The summed E-state index contributed by atoms with van der Waals surface area (Å²) in [5, 5.41) is 14.3. The minimum Gasteiger partial charge on any atom is -0.358 e. The number of nitrogens with one attached hydrogen (secondary N) is 3. The zero-order chi connectivity index (χ0) is 18.4. The van der Waals surface area contributed by atoms with Crippen LogP contribution >= 0.6 is 11.3 Å². The number of nitrogens with zero attached hydrogens (tertiary/aromatic N) is 2. The molecule has 0 spiro atoms. The second kappa shape index (κ2) is 6.07. The number of aromatic amines is 2. The second-order valence-electron chi connectivity index (χ2n) is 6.28. The van der Waals surface area contributed by atoms with Crippen LogP contribution in [0.15, 0.2) is 53.9 Å². The zero-order valence-corrected chi connectivity index (χ0v) is 15.2. The van der Waals surface area contributed by atoms with Crippen molar-refractivity contribution in [3.8, 4) is 11.3 Å². The summed E-state index contributed by atoms with van der Waals surface area (Å²) in [6, 6.07) is 15.7. The number of rotatable bonds is 3. The Balaban J connectivity index is 1.47. The van der Waals surface area contributed by atoms with Crippen LogP contribution in [0.2, 0.25) is 0 Å². The molecule has 0 atom stereocenters. The van der Waals surface area contributed by atoms with Gasteiger partial charge in [-0.1, -0.05) is 36.4 Å². The SMILES string of the molecule is Cc1[nH]c2ccccc2c1-c1csc(NC(=O)c2n[nH]c3ccccc23)n1. The molecule has 0 bridgehead atoms. The van der Waals surface area contributed by atoms with E-state index in [1.54, 1.807) is 0 Å². The smallest absolute Gasteiger partial charge is 0.278 e. The van der Waals surface area contributed by atoms with E-state index in [9.17, 15) is 4.79 Å². The summed E-state index contributed by atoms with van der Waals surface area (Å²) in [5.74, 6) is -0.274. The molecule has 7 heteroatoms. The number of benzene rings is 2. The Bertz CT molecular complexity index is 1300. The monoisotopic (exact) mass is 373 g/mol. The largest absolute Gasteiger partial charge is 0.358 e. The number of aromatic nitrogens is 4. The molecule has 0 aliphatic carbocycles. The first kappa shape index (κ1) is 15.8. The first-order valence-electron chi connectivity index (χ1n) is 8.48. The molecule has 0 aliphatic heterocycles. The molecule has 5 rings (SSSR count). The lowest BCUT2D eigenvalue weighted by Gasteiger charge is -1.99. The van der Waals surface area contributed by atoms with Crippen LogP contribution in [0.4, 0.5) is 5.13 Å². The standard InChI is InChI=1S/C20H15N5OS/c1-11-17(12-6-2-4-8-14(12)21-11)16-10-27-20(22-16)23-19(26)18-13-7-3-5-9-15(13)24-25-18/h2-10,21H,1H3,(H,24,25)(H,22,23,26). The van der Waals surface area contributed by atoms with Crippen LogP contribution in [0.5, 0.6) is 0 Å².